The van der Waals surface area contributed by atoms with E-state index in [1.165, 1.54) is 24.3 Å². The number of hydrogen-bond acceptors (Lipinski definition) is 4. The highest BCUT2D eigenvalue weighted by atomic mass is 79.9. The minimum atomic E-state index is -0.512. The van der Waals surface area contributed by atoms with E-state index in [0.717, 1.165) is 0 Å². The van der Waals surface area contributed by atoms with Gasteiger partial charge in [-0.2, -0.15) is 0 Å². The van der Waals surface area contributed by atoms with Crippen LogP contribution in [0.5, 0.6) is 0 Å². The maximum absolute atomic E-state index is 12.1. The van der Waals surface area contributed by atoms with Crippen LogP contribution in [-0.4, -0.2) is 15.8 Å². The van der Waals surface area contributed by atoms with Crippen molar-refractivity contribution in [3.8, 4) is 0 Å². The maximum Gasteiger partial charge on any atom is 0.270 e. The van der Waals surface area contributed by atoms with Crippen LogP contribution in [0, 0.1) is 17.0 Å². The molecule has 1 aromatic heterocycles. The molecule has 0 spiro atoms. The molecule has 0 aliphatic rings. The molecule has 2 rings (SSSR count). The van der Waals surface area contributed by atoms with E-state index in [9.17, 15) is 14.9 Å². The van der Waals surface area contributed by atoms with E-state index >= 15 is 0 Å². The largest absolute Gasteiger partial charge is 0.321 e. The molecule has 2 aromatic rings. The second-order valence-electron chi connectivity index (χ2n) is 4.20. The molecule has 1 amide bonds. The summed E-state index contributed by atoms with van der Waals surface area (Å²) in [5, 5.41) is 13.5. The van der Waals surface area contributed by atoms with Crippen LogP contribution in [-0.2, 0) is 0 Å². The molecule has 0 saturated carbocycles. The molecular formula is C13H9BrClN3O3. The monoisotopic (exact) mass is 369 g/mol. The summed E-state index contributed by atoms with van der Waals surface area (Å²) < 4.78 is 0.418. The molecule has 0 fully saturated rings. The fraction of sp³-hybridized carbons (Fsp3) is 0.0769. The van der Waals surface area contributed by atoms with Crippen LogP contribution in [0.2, 0.25) is 5.15 Å². The molecule has 0 unspecified atom stereocenters. The van der Waals surface area contributed by atoms with Crippen LogP contribution >= 0.6 is 27.5 Å². The Bertz CT molecular complexity index is 716. The number of carbonyl (C=O) groups excluding carboxylic acids is 1. The van der Waals surface area contributed by atoms with Gasteiger partial charge in [0, 0.05) is 27.9 Å². The van der Waals surface area contributed by atoms with Crippen molar-refractivity contribution in [3.63, 3.8) is 0 Å². The van der Waals surface area contributed by atoms with Crippen LogP contribution in [0.4, 0.5) is 11.4 Å². The van der Waals surface area contributed by atoms with Gasteiger partial charge in [-0.1, -0.05) is 11.6 Å². The number of halogens is 2. The first-order valence-electron chi connectivity index (χ1n) is 5.76. The van der Waals surface area contributed by atoms with Crippen LogP contribution < -0.4 is 5.32 Å². The van der Waals surface area contributed by atoms with E-state index in [0.29, 0.717) is 21.4 Å². The van der Waals surface area contributed by atoms with Gasteiger partial charge in [-0.25, -0.2) is 4.98 Å². The molecule has 0 bridgehead atoms. The standard InChI is InChI=1S/C13H9BrClN3O3/c1-7-4-8(5-12(15)16-7)13(19)17-11-3-2-9(18(20)21)6-10(11)14/h2-6H,1H3,(H,17,19). The molecule has 21 heavy (non-hydrogen) atoms. The first-order valence-corrected chi connectivity index (χ1v) is 6.93. The Labute approximate surface area is 133 Å². The second-order valence-corrected chi connectivity index (χ2v) is 5.44. The lowest BCUT2D eigenvalue weighted by Crippen LogP contribution is -2.13. The zero-order chi connectivity index (χ0) is 15.6. The Balaban J connectivity index is 2.25. The zero-order valence-electron chi connectivity index (χ0n) is 10.8. The van der Waals surface area contributed by atoms with Crippen molar-refractivity contribution < 1.29 is 9.72 Å². The van der Waals surface area contributed by atoms with Crippen molar-refractivity contribution in [1.29, 1.82) is 0 Å². The van der Waals surface area contributed by atoms with Gasteiger partial charge >= 0.3 is 0 Å². The normalized spacial score (nSPS) is 10.2. The van der Waals surface area contributed by atoms with Gasteiger partial charge in [-0.15, -0.1) is 0 Å². The summed E-state index contributed by atoms with van der Waals surface area (Å²) >= 11 is 9.00. The van der Waals surface area contributed by atoms with Gasteiger partial charge < -0.3 is 5.32 Å². The summed E-state index contributed by atoms with van der Waals surface area (Å²) in [5.74, 6) is -0.378. The molecular weight excluding hydrogens is 362 g/mol. The lowest BCUT2D eigenvalue weighted by Gasteiger charge is -2.08. The van der Waals surface area contributed by atoms with Gasteiger partial charge in [-0.05, 0) is 41.1 Å². The average molecular weight is 371 g/mol. The van der Waals surface area contributed by atoms with E-state index < -0.39 is 4.92 Å². The number of nitro benzene ring substituents is 1. The minimum absolute atomic E-state index is 0.0670. The van der Waals surface area contributed by atoms with E-state index in [1.807, 2.05) is 0 Å². The van der Waals surface area contributed by atoms with Crippen LogP contribution in [0.25, 0.3) is 0 Å². The number of amides is 1. The number of anilines is 1. The number of non-ortho nitro benzene ring substituents is 1. The summed E-state index contributed by atoms with van der Waals surface area (Å²) in [6.07, 6.45) is 0. The molecule has 1 N–H and O–H groups in total. The summed E-state index contributed by atoms with van der Waals surface area (Å²) in [4.78, 5) is 26.3. The van der Waals surface area contributed by atoms with Crippen LogP contribution in [0.3, 0.4) is 0 Å². The lowest BCUT2D eigenvalue weighted by atomic mass is 10.2. The molecule has 1 aromatic carbocycles. The van der Waals surface area contributed by atoms with Crippen molar-refractivity contribution in [1.82, 2.24) is 4.98 Å². The molecule has 6 nitrogen and oxygen atoms in total. The molecule has 108 valence electrons. The molecule has 0 aliphatic carbocycles. The van der Waals surface area contributed by atoms with Gasteiger partial charge in [0.1, 0.15) is 5.15 Å². The number of rotatable bonds is 3. The van der Waals surface area contributed by atoms with E-state index in [1.54, 1.807) is 13.0 Å². The zero-order valence-corrected chi connectivity index (χ0v) is 13.1. The Hall–Kier alpha value is -1.99. The van der Waals surface area contributed by atoms with E-state index in [4.69, 9.17) is 11.6 Å². The van der Waals surface area contributed by atoms with Gasteiger partial charge in [0.2, 0.25) is 0 Å². The predicted molar refractivity (Wildman–Crippen MR) is 82.7 cm³/mol. The topological polar surface area (TPSA) is 85.1 Å². The fourth-order valence-electron chi connectivity index (χ4n) is 1.67. The van der Waals surface area contributed by atoms with E-state index in [2.05, 4.69) is 26.2 Å². The third-order valence-corrected chi connectivity index (χ3v) is 3.45. The first kappa shape index (κ1) is 15.4. The minimum Gasteiger partial charge on any atom is -0.321 e. The summed E-state index contributed by atoms with van der Waals surface area (Å²) in [7, 11) is 0. The molecule has 0 atom stereocenters. The Morgan fingerprint density at radius 3 is 2.67 bits per heavy atom. The van der Waals surface area contributed by atoms with Gasteiger partial charge in [0.25, 0.3) is 11.6 Å². The molecule has 0 saturated heterocycles. The van der Waals surface area contributed by atoms with Crippen LogP contribution in [0.1, 0.15) is 16.1 Å². The van der Waals surface area contributed by atoms with Crippen molar-refractivity contribution >= 4 is 44.8 Å². The van der Waals surface area contributed by atoms with Gasteiger partial charge in [-0.3, -0.25) is 14.9 Å². The Morgan fingerprint density at radius 1 is 1.38 bits per heavy atom. The van der Waals surface area contributed by atoms with Gasteiger partial charge in [0.05, 0.1) is 10.6 Å². The molecule has 0 radical (unpaired) electrons. The number of nitrogens with zero attached hydrogens (tertiary/aromatic N) is 2. The number of nitro groups is 1. The lowest BCUT2D eigenvalue weighted by molar-refractivity contribution is -0.384. The quantitative estimate of drug-likeness (QED) is 0.503. The second kappa shape index (κ2) is 6.19. The number of aryl methyl sites for hydroxylation is 1. The third-order valence-electron chi connectivity index (χ3n) is 2.60. The Morgan fingerprint density at radius 2 is 2.10 bits per heavy atom. The average Bonchev–Trinajstić information content (AvgIpc) is 2.39. The number of pyridine rings is 1. The summed E-state index contributed by atoms with van der Waals surface area (Å²) in [5.41, 5.74) is 1.34. The number of hydrogen-bond donors (Lipinski definition) is 1. The molecule has 0 aliphatic heterocycles. The van der Waals surface area contributed by atoms with Crippen molar-refractivity contribution in [2.24, 2.45) is 0 Å². The van der Waals surface area contributed by atoms with Gasteiger partial charge in [0.15, 0.2) is 0 Å². The fourth-order valence-corrected chi connectivity index (χ4v) is 2.39. The Kier molecular flexibility index (Phi) is 4.54. The van der Waals surface area contributed by atoms with Crippen molar-refractivity contribution in [2.75, 3.05) is 5.32 Å². The van der Waals surface area contributed by atoms with Crippen molar-refractivity contribution in [2.45, 2.75) is 6.92 Å². The number of benzene rings is 1. The summed E-state index contributed by atoms with van der Waals surface area (Å²) in [6, 6.07) is 7.13. The summed E-state index contributed by atoms with van der Waals surface area (Å²) in [6.45, 7) is 1.73. The third kappa shape index (κ3) is 3.77. The highest BCUT2D eigenvalue weighted by Crippen LogP contribution is 2.27. The molecule has 8 heteroatoms. The maximum atomic E-state index is 12.1. The number of aromatic nitrogens is 1. The first-order chi connectivity index (χ1) is 9.86. The SMILES string of the molecule is Cc1cc(C(=O)Nc2ccc([N+](=O)[O-])cc2Br)cc(Cl)n1. The predicted octanol–water partition coefficient (Wildman–Crippen LogP) is 3.97. The highest BCUT2D eigenvalue weighted by Gasteiger charge is 2.13. The van der Waals surface area contributed by atoms with E-state index in [-0.39, 0.29) is 16.7 Å². The smallest absolute Gasteiger partial charge is 0.270 e. The number of carbonyl (C=O) groups is 1. The molecule has 1 heterocycles. The van der Waals surface area contributed by atoms with Crippen LogP contribution in [0.15, 0.2) is 34.8 Å². The number of nitrogens with one attached hydrogen (secondary N) is 1. The highest BCUT2D eigenvalue weighted by molar-refractivity contribution is 9.10. The van der Waals surface area contributed by atoms with Crippen molar-refractivity contribution in [3.05, 3.63) is 61.3 Å².